The van der Waals surface area contributed by atoms with E-state index in [1.54, 1.807) is 0 Å². The van der Waals surface area contributed by atoms with Crippen molar-refractivity contribution in [3.63, 3.8) is 0 Å². The molecule has 1 atom stereocenters. The fraction of sp³-hybridized carbons (Fsp3) is 1.00. The predicted octanol–water partition coefficient (Wildman–Crippen LogP) is 2.95. The van der Waals surface area contributed by atoms with Crippen LogP contribution in [0.1, 0.15) is 34.6 Å². The Kier molecular flexibility index (Phi) is 3.55. The summed E-state index contributed by atoms with van der Waals surface area (Å²) in [5.41, 5.74) is -0.437. The molecule has 0 amide bonds. The monoisotopic (exact) mass is 218 g/mol. The van der Waals surface area contributed by atoms with Crippen LogP contribution in [-0.4, -0.2) is 24.2 Å². The van der Waals surface area contributed by atoms with E-state index in [4.69, 9.17) is 20.9 Å². The van der Waals surface area contributed by atoms with Crippen LogP contribution in [-0.2, 0) is 9.31 Å². The Balaban J connectivity index is 2.55. The first-order valence-corrected chi connectivity index (χ1v) is 5.73. The SMILES string of the molecule is CC(CCl)CB1OC(C)(C)C(C)(C)O1. The second-order valence-corrected chi connectivity index (χ2v) is 5.49. The van der Waals surface area contributed by atoms with Crippen molar-refractivity contribution >= 4 is 18.7 Å². The standard InChI is InChI=1S/C10H20BClO2/c1-8(7-12)6-11-13-9(2,3)10(4,5)14-11/h8H,6-7H2,1-5H3. The molecule has 2 nitrogen and oxygen atoms in total. The van der Waals surface area contributed by atoms with Crippen molar-refractivity contribution in [1.82, 2.24) is 0 Å². The Hall–Kier alpha value is 0.275. The number of rotatable bonds is 3. The van der Waals surface area contributed by atoms with Gasteiger partial charge in [0.05, 0.1) is 11.2 Å². The summed E-state index contributed by atoms with van der Waals surface area (Å²) in [4.78, 5) is 0. The van der Waals surface area contributed by atoms with Gasteiger partial charge in [-0.3, -0.25) is 0 Å². The van der Waals surface area contributed by atoms with Crippen LogP contribution < -0.4 is 0 Å². The Labute approximate surface area is 92.4 Å². The van der Waals surface area contributed by atoms with Crippen molar-refractivity contribution < 1.29 is 9.31 Å². The Morgan fingerprint density at radius 2 is 1.57 bits per heavy atom. The zero-order chi connectivity index (χ0) is 11.0. The molecular formula is C10H20BClO2. The highest BCUT2D eigenvalue weighted by atomic mass is 35.5. The molecule has 1 saturated heterocycles. The first kappa shape index (κ1) is 12.3. The van der Waals surface area contributed by atoms with Crippen molar-refractivity contribution in [2.75, 3.05) is 5.88 Å². The smallest absolute Gasteiger partial charge is 0.403 e. The van der Waals surface area contributed by atoms with Gasteiger partial charge in [-0.05, 0) is 39.9 Å². The topological polar surface area (TPSA) is 18.5 Å². The van der Waals surface area contributed by atoms with Gasteiger partial charge in [0.2, 0.25) is 0 Å². The van der Waals surface area contributed by atoms with Gasteiger partial charge in [-0.25, -0.2) is 0 Å². The minimum absolute atomic E-state index is 0.103. The highest BCUT2D eigenvalue weighted by molar-refractivity contribution is 6.45. The predicted molar refractivity (Wildman–Crippen MR) is 60.8 cm³/mol. The lowest BCUT2D eigenvalue weighted by atomic mass is 9.79. The van der Waals surface area contributed by atoms with Gasteiger partial charge < -0.3 is 9.31 Å². The minimum atomic E-state index is -0.219. The zero-order valence-electron chi connectivity index (χ0n) is 9.76. The molecule has 0 N–H and O–H groups in total. The molecule has 1 heterocycles. The molecule has 4 heteroatoms. The summed E-state index contributed by atoms with van der Waals surface area (Å²) in [5, 5.41) is 0. The van der Waals surface area contributed by atoms with E-state index in [2.05, 4.69) is 34.6 Å². The van der Waals surface area contributed by atoms with Crippen LogP contribution in [0.3, 0.4) is 0 Å². The fourth-order valence-electron chi connectivity index (χ4n) is 1.45. The number of alkyl halides is 1. The highest BCUT2D eigenvalue weighted by Gasteiger charge is 2.50. The molecule has 0 bridgehead atoms. The van der Waals surface area contributed by atoms with E-state index in [0.717, 1.165) is 6.32 Å². The molecule has 0 spiro atoms. The summed E-state index contributed by atoms with van der Waals surface area (Å²) in [5.74, 6) is 1.09. The number of halogens is 1. The zero-order valence-corrected chi connectivity index (χ0v) is 10.5. The number of hydrogen-bond acceptors (Lipinski definition) is 2. The summed E-state index contributed by atoms with van der Waals surface area (Å²) in [6.45, 7) is 10.4. The first-order valence-electron chi connectivity index (χ1n) is 5.20. The van der Waals surface area contributed by atoms with Crippen molar-refractivity contribution in [3.8, 4) is 0 Å². The summed E-state index contributed by atoms with van der Waals surface area (Å²) < 4.78 is 11.7. The first-order chi connectivity index (χ1) is 6.28. The van der Waals surface area contributed by atoms with E-state index in [9.17, 15) is 0 Å². The molecular weight excluding hydrogens is 198 g/mol. The largest absolute Gasteiger partial charge is 0.458 e. The Morgan fingerprint density at radius 3 is 1.93 bits per heavy atom. The molecule has 1 rings (SSSR count). The molecule has 82 valence electrons. The number of hydrogen-bond donors (Lipinski definition) is 0. The van der Waals surface area contributed by atoms with Crippen LogP contribution in [0.4, 0.5) is 0 Å². The fourth-order valence-corrected chi connectivity index (χ4v) is 1.58. The van der Waals surface area contributed by atoms with Gasteiger partial charge in [-0.15, -0.1) is 11.6 Å². The van der Waals surface area contributed by atoms with Gasteiger partial charge in [0.25, 0.3) is 0 Å². The van der Waals surface area contributed by atoms with Crippen LogP contribution in [0.25, 0.3) is 0 Å². The second-order valence-electron chi connectivity index (χ2n) is 5.18. The van der Waals surface area contributed by atoms with Crippen LogP contribution in [0.5, 0.6) is 0 Å². The maximum atomic E-state index is 5.86. The van der Waals surface area contributed by atoms with Crippen molar-refractivity contribution in [2.45, 2.75) is 52.1 Å². The molecule has 0 aliphatic carbocycles. The lowest BCUT2D eigenvalue weighted by Gasteiger charge is -2.32. The van der Waals surface area contributed by atoms with Gasteiger partial charge in [-0.1, -0.05) is 6.92 Å². The molecule has 0 saturated carbocycles. The van der Waals surface area contributed by atoms with Crippen LogP contribution in [0.2, 0.25) is 6.32 Å². The lowest BCUT2D eigenvalue weighted by Crippen LogP contribution is -2.41. The molecule has 1 aliphatic heterocycles. The molecule has 1 unspecified atom stereocenters. The average molecular weight is 219 g/mol. The molecule has 1 aliphatic rings. The third-order valence-corrected chi connectivity index (χ3v) is 3.69. The van der Waals surface area contributed by atoms with E-state index in [1.807, 2.05) is 0 Å². The maximum Gasteiger partial charge on any atom is 0.458 e. The van der Waals surface area contributed by atoms with Crippen LogP contribution in [0, 0.1) is 5.92 Å². The van der Waals surface area contributed by atoms with Crippen LogP contribution >= 0.6 is 11.6 Å². The summed E-state index contributed by atoms with van der Waals surface area (Å²) in [7, 11) is -0.103. The normalized spacial score (nSPS) is 26.6. The third kappa shape index (κ3) is 2.44. The quantitative estimate of drug-likeness (QED) is 0.536. The van der Waals surface area contributed by atoms with Gasteiger partial charge in [0.15, 0.2) is 0 Å². The molecule has 0 aromatic heterocycles. The summed E-state index contributed by atoms with van der Waals surface area (Å²) >= 11 is 5.76. The van der Waals surface area contributed by atoms with Gasteiger partial charge in [0.1, 0.15) is 0 Å². The lowest BCUT2D eigenvalue weighted by molar-refractivity contribution is 0.00578. The Morgan fingerprint density at radius 1 is 1.14 bits per heavy atom. The van der Waals surface area contributed by atoms with E-state index in [-0.39, 0.29) is 18.3 Å². The third-order valence-electron chi connectivity index (χ3n) is 3.16. The van der Waals surface area contributed by atoms with E-state index in [0.29, 0.717) is 11.8 Å². The second kappa shape index (κ2) is 4.03. The maximum absolute atomic E-state index is 5.86. The van der Waals surface area contributed by atoms with Crippen LogP contribution in [0.15, 0.2) is 0 Å². The van der Waals surface area contributed by atoms with Crippen molar-refractivity contribution in [1.29, 1.82) is 0 Å². The Bertz CT molecular complexity index is 190. The summed E-state index contributed by atoms with van der Waals surface area (Å²) in [6, 6.07) is 0. The highest BCUT2D eigenvalue weighted by Crippen LogP contribution is 2.38. The molecule has 0 radical (unpaired) electrons. The van der Waals surface area contributed by atoms with Crippen molar-refractivity contribution in [2.24, 2.45) is 5.92 Å². The minimum Gasteiger partial charge on any atom is -0.403 e. The van der Waals surface area contributed by atoms with Gasteiger partial charge in [-0.2, -0.15) is 0 Å². The van der Waals surface area contributed by atoms with E-state index >= 15 is 0 Å². The van der Waals surface area contributed by atoms with E-state index < -0.39 is 0 Å². The van der Waals surface area contributed by atoms with Gasteiger partial charge >= 0.3 is 7.12 Å². The molecule has 0 aromatic carbocycles. The van der Waals surface area contributed by atoms with Crippen molar-refractivity contribution in [3.05, 3.63) is 0 Å². The van der Waals surface area contributed by atoms with E-state index in [1.165, 1.54) is 0 Å². The molecule has 1 fully saturated rings. The molecule has 14 heavy (non-hydrogen) atoms. The molecule has 0 aromatic rings. The average Bonchev–Trinajstić information content (AvgIpc) is 2.20. The summed E-state index contributed by atoms with van der Waals surface area (Å²) in [6.07, 6.45) is 0.871. The van der Waals surface area contributed by atoms with Gasteiger partial charge in [0, 0.05) is 5.88 Å².